The van der Waals surface area contributed by atoms with Crippen molar-refractivity contribution in [3.8, 4) is 0 Å². The van der Waals surface area contributed by atoms with Crippen LogP contribution in [0.1, 0.15) is 23.6 Å². The predicted molar refractivity (Wildman–Crippen MR) is 83.6 cm³/mol. The summed E-state index contributed by atoms with van der Waals surface area (Å²) >= 11 is 6.13. The molecule has 0 bridgehead atoms. The fourth-order valence-electron chi connectivity index (χ4n) is 3.69. The Morgan fingerprint density at radius 2 is 2.00 bits per heavy atom. The van der Waals surface area contributed by atoms with Crippen molar-refractivity contribution >= 4 is 23.2 Å². The van der Waals surface area contributed by atoms with Gasteiger partial charge in [-0.1, -0.05) is 41.9 Å². The van der Waals surface area contributed by atoms with E-state index in [0.29, 0.717) is 5.02 Å². The minimum Gasteiger partial charge on any atom is -0.325 e. The van der Waals surface area contributed by atoms with E-state index in [1.807, 2.05) is 42.5 Å². The quantitative estimate of drug-likeness (QED) is 0.848. The lowest BCUT2D eigenvalue weighted by molar-refractivity contribution is -0.121. The summed E-state index contributed by atoms with van der Waals surface area (Å²) in [5, 5.41) is 7.21. The zero-order valence-corrected chi connectivity index (χ0v) is 12.2. The van der Waals surface area contributed by atoms with Gasteiger partial charge in [-0.15, -0.1) is 0 Å². The molecule has 4 rings (SSSR count). The molecule has 2 aromatic rings. The second-order valence-corrected chi connectivity index (χ2v) is 6.10. The topological polar surface area (TPSA) is 41.1 Å². The Kier molecular flexibility index (Phi) is 2.81. The molecule has 21 heavy (non-hydrogen) atoms. The maximum absolute atomic E-state index is 12.7. The summed E-state index contributed by atoms with van der Waals surface area (Å²) in [6, 6.07) is 15.7. The number of hydrogen-bond acceptors (Lipinski definition) is 2. The number of anilines is 1. The van der Waals surface area contributed by atoms with Crippen molar-refractivity contribution in [2.75, 3.05) is 11.9 Å². The number of nitrogens with one attached hydrogen (secondary N) is 2. The first-order valence-electron chi connectivity index (χ1n) is 7.11. The minimum atomic E-state index is -0.527. The van der Waals surface area contributed by atoms with E-state index in [-0.39, 0.29) is 11.9 Å². The Morgan fingerprint density at radius 1 is 1.14 bits per heavy atom. The number of benzene rings is 2. The molecule has 2 N–H and O–H groups in total. The highest BCUT2D eigenvalue weighted by molar-refractivity contribution is 6.30. The van der Waals surface area contributed by atoms with Crippen LogP contribution in [0.4, 0.5) is 5.69 Å². The second kappa shape index (κ2) is 4.58. The van der Waals surface area contributed by atoms with Gasteiger partial charge in [0.05, 0.1) is 11.5 Å². The third kappa shape index (κ3) is 1.74. The van der Waals surface area contributed by atoms with Crippen molar-refractivity contribution in [1.82, 2.24) is 5.32 Å². The fraction of sp³-hybridized carbons (Fsp3) is 0.235. The summed E-state index contributed by atoms with van der Waals surface area (Å²) in [7, 11) is 0. The molecule has 2 heterocycles. The average Bonchev–Trinajstić information content (AvgIpc) is 3.04. The lowest BCUT2D eigenvalue weighted by Gasteiger charge is -2.29. The lowest BCUT2D eigenvalue weighted by Crippen LogP contribution is -2.39. The van der Waals surface area contributed by atoms with Crippen molar-refractivity contribution in [2.45, 2.75) is 17.9 Å². The van der Waals surface area contributed by atoms with E-state index in [2.05, 4.69) is 16.7 Å². The van der Waals surface area contributed by atoms with Crippen LogP contribution in [0, 0.1) is 0 Å². The molecule has 2 aliphatic rings. The van der Waals surface area contributed by atoms with Gasteiger partial charge in [0, 0.05) is 10.7 Å². The number of hydrogen-bond donors (Lipinski definition) is 2. The molecule has 0 aromatic heterocycles. The molecule has 4 heteroatoms. The van der Waals surface area contributed by atoms with E-state index in [4.69, 9.17) is 11.6 Å². The highest BCUT2D eigenvalue weighted by atomic mass is 35.5. The highest BCUT2D eigenvalue weighted by Crippen LogP contribution is 2.50. The van der Waals surface area contributed by atoms with Crippen molar-refractivity contribution in [3.63, 3.8) is 0 Å². The lowest BCUT2D eigenvalue weighted by atomic mass is 9.73. The third-order valence-corrected chi connectivity index (χ3v) is 4.84. The van der Waals surface area contributed by atoms with Crippen LogP contribution in [0.2, 0.25) is 5.02 Å². The zero-order valence-electron chi connectivity index (χ0n) is 11.4. The maximum Gasteiger partial charge on any atom is 0.237 e. The molecule has 1 fully saturated rings. The summed E-state index contributed by atoms with van der Waals surface area (Å²) in [5.41, 5.74) is 2.55. The van der Waals surface area contributed by atoms with Crippen LogP contribution in [0.15, 0.2) is 48.5 Å². The number of amides is 1. The number of halogens is 1. The number of rotatable bonds is 1. The summed E-state index contributed by atoms with van der Waals surface area (Å²) in [5.74, 6) is 0.0821. The standard InChI is InChI=1S/C17H15ClN2O/c18-12-5-3-4-11(10-12)15-17(8-9-19-15)13-6-1-2-7-14(13)20-16(17)21/h1-7,10,15,19H,8-9H2,(H,20,21)/t15-,17+/m1/s1. The molecule has 0 radical (unpaired) electrons. The van der Waals surface area contributed by atoms with Gasteiger partial charge in [0.2, 0.25) is 5.91 Å². The van der Waals surface area contributed by atoms with E-state index < -0.39 is 5.41 Å². The van der Waals surface area contributed by atoms with Gasteiger partial charge in [0.25, 0.3) is 0 Å². The molecular weight excluding hydrogens is 284 g/mol. The Hall–Kier alpha value is -1.84. The average molecular weight is 299 g/mol. The monoisotopic (exact) mass is 298 g/mol. The van der Waals surface area contributed by atoms with Crippen molar-refractivity contribution in [3.05, 3.63) is 64.7 Å². The van der Waals surface area contributed by atoms with Crippen molar-refractivity contribution in [1.29, 1.82) is 0 Å². The number of fused-ring (bicyclic) bond motifs is 2. The SMILES string of the molecule is O=C1Nc2ccccc2[C@]12CCN[C@@H]2c1cccc(Cl)c1. The van der Waals surface area contributed by atoms with E-state index in [0.717, 1.165) is 29.8 Å². The van der Waals surface area contributed by atoms with Gasteiger partial charge in [0.1, 0.15) is 0 Å². The summed E-state index contributed by atoms with van der Waals surface area (Å²) < 4.78 is 0. The first kappa shape index (κ1) is 12.9. The second-order valence-electron chi connectivity index (χ2n) is 5.66. The van der Waals surface area contributed by atoms with Crippen LogP contribution >= 0.6 is 11.6 Å². The van der Waals surface area contributed by atoms with Crippen LogP contribution in [-0.2, 0) is 10.2 Å². The van der Waals surface area contributed by atoms with Gasteiger partial charge in [-0.3, -0.25) is 4.79 Å². The zero-order chi connectivity index (χ0) is 14.4. The third-order valence-electron chi connectivity index (χ3n) is 4.60. The molecule has 1 spiro atoms. The molecule has 2 aromatic carbocycles. The van der Waals surface area contributed by atoms with E-state index in [1.165, 1.54) is 0 Å². The Balaban J connectivity index is 1.89. The molecule has 106 valence electrons. The number of carbonyl (C=O) groups excluding carboxylic acids is 1. The minimum absolute atomic E-state index is 0.0418. The van der Waals surface area contributed by atoms with Gasteiger partial charge in [-0.05, 0) is 42.3 Å². The smallest absolute Gasteiger partial charge is 0.237 e. The fourth-order valence-corrected chi connectivity index (χ4v) is 3.89. The Morgan fingerprint density at radius 3 is 2.86 bits per heavy atom. The van der Waals surface area contributed by atoms with Crippen molar-refractivity contribution < 1.29 is 4.79 Å². The first-order chi connectivity index (χ1) is 10.2. The van der Waals surface area contributed by atoms with E-state index in [1.54, 1.807) is 0 Å². The van der Waals surface area contributed by atoms with Gasteiger partial charge in [-0.2, -0.15) is 0 Å². The Bertz CT molecular complexity index is 730. The van der Waals surface area contributed by atoms with Crippen LogP contribution in [0.5, 0.6) is 0 Å². The summed E-state index contributed by atoms with van der Waals surface area (Å²) in [4.78, 5) is 12.7. The molecule has 0 saturated carbocycles. The molecule has 0 unspecified atom stereocenters. The molecule has 0 aliphatic carbocycles. The Labute approximate surface area is 128 Å². The molecule has 1 amide bonds. The molecule has 3 nitrogen and oxygen atoms in total. The van der Waals surface area contributed by atoms with Gasteiger partial charge >= 0.3 is 0 Å². The summed E-state index contributed by atoms with van der Waals surface area (Å²) in [6.07, 6.45) is 0.799. The normalized spacial score (nSPS) is 26.9. The maximum atomic E-state index is 12.7. The summed E-state index contributed by atoms with van der Waals surface area (Å²) in [6.45, 7) is 0.818. The van der Waals surface area contributed by atoms with Gasteiger partial charge in [0.15, 0.2) is 0 Å². The molecular formula is C17H15ClN2O. The van der Waals surface area contributed by atoms with Crippen LogP contribution in [0.25, 0.3) is 0 Å². The molecule has 2 atom stereocenters. The largest absolute Gasteiger partial charge is 0.325 e. The van der Waals surface area contributed by atoms with E-state index >= 15 is 0 Å². The predicted octanol–water partition coefficient (Wildman–Crippen LogP) is 3.26. The van der Waals surface area contributed by atoms with Gasteiger partial charge in [-0.25, -0.2) is 0 Å². The molecule has 2 aliphatic heterocycles. The van der Waals surface area contributed by atoms with Crippen LogP contribution < -0.4 is 10.6 Å². The number of para-hydroxylation sites is 1. The molecule has 1 saturated heterocycles. The van der Waals surface area contributed by atoms with Crippen molar-refractivity contribution in [2.24, 2.45) is 0 Å². The first-order valence-corrected chi connectivity index (χ1v) is 7.49. The number of carbonyl (C=O) groups is 1. The van der Waals surface area contributed by atoms with Gasteiger partial charge < -0.3 is 10.6 Å². The van der Waals surface area contributed by atoms with Crippen LogP contribution in [0.3, 0.4) is 0 Å². The highest BCUT2D eigenvalue weighted by Gasteiger charge is 2.55. The van der Waals surface area contributed by atoms with E-state index in [9.17, 15) is 4.79 Å². The van der Waals surface area contributed by atoms with Crippen LogP contribution in [-0.4, -0.2) is 12.5 Å².